The normalized spacial score (nSPS) is 10.2. The Kier molecular flexibility index (Phi) is 4.69. The Hall–Kier alpha value is -3.63. The third-order valence-electron chi connectivity index (χ3n) is 3.54. The summed E-state index contributed by atoms with van der Waals surface area (Å²) in [6.45, 7) is 0. The van der Waals surface area contributed by atoms with E-state index in [1.807, 2.05) is 6.07 Å². The minimum atomic E-state index is -0.535. The molecule has 1 N–H and O–H groups in total. The summed E-state index contributed by atoms with van der Waals surface area (Å²) < 4.78 is 5.54. The summed E-state index contributed by atoms with van der Waals surface area (Å²) in [7, 11) is 0. The number of nitro groups is 1. The van der Waals surface area contributed by atoms with Crippen molar-refractivity contribution in [2.75, 3.05) is 5.32 Å². The van der Waals surface area contributed by atoms with E-state index in [0.29, 0.717) is 5.56 Å². The third kappa shape index (κ3) is 3.41. The lowest BCUT2D eigenvalue weighted by atomic mass is 10.1. The van der Waals surface area contributed by atoms with Gasteiger partial charge in [-0.05, 0) is 12.1 Å². The van der Waals surface area contributed by atoms with Crippen molar-refractivity contribution in [3.8, 4) is 17.4 Å². The second-order valence-corrected chi connectivity index (χ2v) is 5.61. The number of hydrogen-bond acceptors (Lipinski definition) is 5. The zero-order chi connectivity index (χ0) is 18.7. The van der Waals surface area contributed by atoms with Crippen molar-refractivity contribution in [3.05, 3.63) is 80.9 Å². The SMILES string of the molecule is N#Cc1cc(-c2cccc([N+](=O)[O-])c2)oc1NC(=O)c1ccccc1Cl. The van der Waals surface area contributed by atoms with Crippen LogP contribution in [-0.4, -0.2) is 10.8 Å². The van der Waals surface area contributed by atoms with E-state index in [1.165, 1.54) is 30.3 Å². The van der Waals surface area contributed by atoms with Crippen molar-refractivity contribution in [2.24, 2.45) is 0 Å². The standard InChI is InChI=1S/C18H10ClN3O4/c19-15-7-2-1-6-14(15)17(23)21-18-12(10-20)9-16(26-18)11-4-3-5-13(8-11)22(24)25/h1-9H,(H,21,23). The number of nitro benzene ring substituents is 1. The number of non-ortho nitro benzene ring substituents is 1. The molecule has 0 aliphatic heterocycles. The molecule has 128 valence electrons. The average Bonchev–Trinajstić information content (AvgIpc) is 3.05. The van der Waals surface area contributed by atoms with Crippen LogP contribution in [0.15, 0.2) is 59.0 Å². The molecule has 1 amide bonds. The molecule has 2 aromatic carbocycles. The van der Waals surface area contributed by atoms with Gasteiger partial charge < -0.3 is 4.42 Å². The highest BCUT2D eigenvalue weighted by Crippen LogP contribution is 2.31. The first kappa shape index (κ1) is 17.2. The molecule has 0 bridgehead atoms. The van der Waals surface area contributed by atoms with Gasteiger partial charge in [-0.25, -0.2) is 0 Å². The van der Waals surface area contributed by atoms with Crippen LogP contribution in [0.25, 0.3) is 11.3 Å². The molecule has 3 rings (SSSR count). The maximum atomic E-state index is 12.3. The van der Waals surface area contributed by atoms with Gasteiger partial charge in [0.2, 0.25) is 5.88 Å². The summed E-state index contributed by atoms with van der Waals surface area (Å²) in [5.41, 5.74) is 0.617. The van der Waals surface area contributed by atoms with Gasteiger partial charge in [0, 0.05) is 23.8 Å². The molecule has 1 aromatic heterocycles. The minimum Gasteiger partial charge on any atom is -0.439 e. The molecule has 0 unspecified atom stereocenters. The highest BCUT2D eigenvalue weighted by molar-refractivity contribution is 6.34. The van der Waals surface area contributed by atoms with E-state index >= 15 is 0 Å². The number of amides is 1. The van der Waals surface area contributed by atoms with E-state index in [-0.39, 0.29) is 33.5 Å². The number of carbonyl (C=O) groups is 1. The van der Waals surface area contributed by atoms with Crippen molar-refractivity contribution < 1.29 is 14.1 Å². The topological polar surface area (TPSA) is 109 Å². The van der Waals surface area contributed by atoms with Crippen molar-refractivity contribution in [1.82, 2.24) is 0 Å². The maximum Gasteiger partial charge on any atom is 0.270 e. The van der Waals surface area contributed by atoms with Gasteiger partial charge >= 0.3 is 0 Å². The number of halogens is 1. The molecular weight excluding hydrogens is 358 g/mol. The van der Waals surface area contributed by atoms with Gasteiger partial charge in [-0.2, -0.15) is 5.26 Å². The van der Waals surface area contributed by atoms with Crippen molar-refractivity contribution in [3.63, 3.8) is 0 Å². The molecule has 0 saturated heterocycles. The quantitative estimate of drug-likeness (QED) is 0.534. The lowest BCUT2D eigenvalue weighted by Crippen LogP contribution is -2.12. The van der Waals surface area contributed by atoms with E-state index in [4.69, 9.17) is 16.0 Å². The number of carbonyl (C=O) groups excluding carboxylic acids is 1. The molecular formula is C18H10ClN3O4. The fourth-order valence-electron chi connectivity index (χ4n) is 2.30. The molecule has 0 saturated carbocycles. The predicted molar refractivity (Wildman–Crippen MR) is 94.9 cm³/mol. The van der Waals surface area contributed by atoms with Gasteiger partial charge in [-0.3, -0.25) is 20.2 Å². The molecule has 0 spiro atoms. The summed E-state index contributed by atoms with van der Waals surface area (Å²) in [6.07, 6.45) is 0. The average molecular weight is 368 g/mol. The van der Waals surface area contributed by atoms with Crippen LogP contribution < -0.4 is 5.32 Å². The second kappa shape index (κ2) is 7.09. The van der Waals surface area contributed by atoms with Crippen molar-refractivity contribution >= 4 is 29.1 Å². The molecule has 0 aliphatic rings. The van der Waals surface area contributed by atoms with Gasteiger partial charge in [-0.1, -0.05) is 35.9 Å². The zero-order valence-electron chi connectivity index (χ0n) is 13.1. The van der Waals surface area contributed by atoms with Crippen LogP contribution in [0.2, 0.25) is 5.02 Å². The number of nitriles is 1. The first-order chi connectivity index (χ1) is 12.5. The first-order valence-electron chi connectivity index (χ1n) is 7.34. The number of nitrogens with one attached hydrogen (secondary N) is 1. The Bertz CT molecular complexity index is 1050. The van der Waals surface area contributed by atoms with Gasteiger partial charge in [0.15, 0.2) is 0 Å². The zero-order valence-corrected chi connectivity index (χ0v) is 13.9. The molecule has 7 nitrogen and oxygen atoms in total. The summed E-state index contributed by atoms with van der Waals surface area (Å²) in [5, 5.41) is 22.9. The van der Waals surface area contributed by atoms with E-state index in [9.17, 15) is 20.2 Å². The van der Waals surface area contributed by atoms with Crippen LogP contribution >= 0.6 is 11.6 Å². The predicted octanol–water partition coefficient (Wildman–Crippen LogP) is 4.63. The second-order valence-electron chi connectivity index (χ2n) is 5.21. The molecule has 8 heteroatoms. The van der Waals surface area contributed by atoms with Gasteiger partial charge in [0.1, 0.15) is 17.4 Å². The van der Waals surface area contributed by atoms with E-state index < -0.39 is 10.8 Å². The Morgan fingerprint density at radius 1 is 1.19 bits per heavy atom. The van der Waals surface area contributed by atoms with Crippen LogP contribution in [0.1, 0.15) is 15.9 Å². The van der Waals surface area contributed by atoms with Crippen LogP contribution in [0.5, 0.6) is 0 Å². The minimum absolute atomic E-state index is 0.0566. The number of furan rings is 1. The Morgan fingerprint density at radius 2 is 1.96 bits per heavy atom. The van der Waals surface area contributed by atoms with Crippen LogP contribution in [0, 0.1) is 21.4 Å². The fourth-order valence-corrected chi connectivity index (χ4v) is 2.52. The van der Waals surface area contributed by atoms with Gasteiger partial charge in [0.25, 0.3) is 11.6 Å². The molecule has 0 aliphatic carbocycles. The molecule has 1 heterocycles. The van der Waals surface area contributed by atoms with Crippen LogP contribution in [0.4, 0.5) is 11.6 Å². The molecule has 0 radical (unpaired) electrons. The van der Waals surface area contributed by atoms with Crippen molar-refractivity contribution in [1.29, 1.82) is 5.26 Å². The van der Waals surface area contributed by atoms with E-state index in [2.05, 4.69) is 5.32 Å². The van der Waals surface area contributed by atoms with Crippen molar-refractivity contribution in [2.45, 2.75) is 0 Å². The van der Waals surface area contributed by atoms with Crippen LogP contribution in [0.3, 0.4) is 0 Å². The maximum absolute atomic E-state index is 12.3. The highest BCUT2D eigenvalue weighted by Gasteiger charge is 2.18. The lowest BCUT2D eigenvalue weighted by Gasteiger charge is -2.04. The van der Waals surface area contributed by atoms with E-state index in [0.717, 1.165) is 0 Å². The smallest absolute Gasteiger partial charge is 0.270 e. The third-order valence-corrected chi connectivity index (χ3v) is 3.87. The molecule has 3 aromatic rings. The van der Waals surface area contributed by atoms with E-state index in [1.54, 1.807) is 24.3 Å². The number of hydrogen-bond donors (Lipinski definition) is 1. The fraction of sp³-hybridized carbons (Fsp3) is 0. The Labute approximate surface area is 152 Å². The molecule has 0 fully saturated rings. The summed E-state index contributed by atoms with van der Waals surface area (Å²) >= 11 is 5.99. The van der Waals surface area contributed by atoms with Gasteiger partial charge in [0.05, 0.1) is 15.5 Å². The monoisotopic (exact) mass is 367 g/mol. The number of nitrogens with zero attached hydrogens (tertiary/aromatic N) is 2. The lowest BCUT2D eigenvalue weighted by molar-refractivity contribution is -0.384. The molecule has 26 heavy (non-hydrogen) atoms. The summed E-state index contributed by atoms with van der Waals surface area (Å²) in [6, 6.07) is 15.5. The Morgan fingerprint density at radius 3 is 2.65 bits per heavy atom. The highest BCUT2D eigenvalue weighted by atomic mass is 35.5. The number of anilines is 1. The first-order valence-corrected chi connectivity index (χ1v) is 7.72. The van der Waals surface area contributed by atoms with Crippen LogP contribution in [-0.2, 0) is 0 Å². The van der Waals surface area contributed by atoms with Gasteiger partial charge in [-0.15, -0.1) is 0 Å². The summed E-state index contributed by atoms with van der Waals surface area (Å²) in [4.78, 5) is 22.7. The number of rotatable bonds is 4. The number of benzene rings is 2. The molecule has 0 atom stereocenters. The summed E-state index contributed by atoms with van der Waals surface area (Å²) in [5.74, 6) is -0.370. The largest absolute Gasteiger partial charge is 0.439 e. The Balaban J connectivity index is 1.94.